The maximum Gasteiger partial charge on any atom is 0.253 e. The summed E-state index contributed by atoms with van der Waals surface area (Å²) in [4.78, 5) is 13.9. The monoisotopic (exact) mass is 276 g/mol. The van der Waals surface area contributed by atoms with Crippen molar-refractivity contribution in [1.82, 2.24) is 5.32 Å². The highest BCUT2D eigenvalue weighted by molar-refractivity contribution is 5.95. The summed E-state index contributed by atoms with van der Waals surface area (Å²) >= 11 is 0. The van der Waals surface area contributed by atoms with Gasteiger partial charge in [-0.25, -0.2) is 0 Å². The molecule has 2 saturated heterocycles. The highest BCUT2D eigenvalue weighted by Crippen LogP contribution is 2.32. The zero-order valence-corrected chi connectivity index (χ0v) is 11.5. The lowest BCUT2D eigenvalue weighted by Gasteiger charge is -2.42. The van der Waals surface area contributed by atoms with Crippen LogP contribution in [0.5, 0.6) is 5.75 Å². The largest absolute Gasteiger partial charge is 0.508 e. The lowest BCUT2D eigenvalue weighted by atomic mass is 9.92. The van der Waals surface area contributed by atoms with Gasteiger partial charge in [0.25, 0.3) is 5.91 Å². The summed E-state index contributed by atoms with van der Waals surface area (Å²) in [5.74, 6) is 0.136. The van der Waals surface area contributed by atoms with Crippen LogP contribution in [0.1, 0.15) is 19.3 Å². The van der Waals surface area contributed by atoms with Gasteiger partial charge in [-0.1, -0.05) is 6.07 Å². The summed E-state index contributed by atoms with van der Waals surface area (Å²) in [6.07, 6.45) is 2.93. The Kier molecular flexibility index (Phi) is 3.63. The molecular formula is C15H20N2O3. The Morgan fingerprint density at radius 3 is 3.05 bits per heavy atom. The first-order chi connectivity index (χ1) is 9.69. The lowest BCUT2D eigenvalue weighted by molar-refractivity contribution is -0.139. The number of amides is 1. The van der Waals surface area contributed by atoms with Gasteiger partial charge in [-0.2, -0.15) is 0 Å². The van der Waals surface area contributed by atoms with E-state index in [0.717, 1.165) is 38.0 Å². The van der Waals surface area contributed by atoms with Crippen LogP contribution in [0.2, 0.25) is 0 Å². The second-order valence-electron chi connectivity index (χ2n) is 5.57. The Labute approximate surface area is 118 Å². The number of anilines is 1. The van der Waals surface area contributed by atoms with Crippen molar-refractivity contribution in [3.05, 3.63) is 24.3 Å². The summed E-state index contributed by atoms with van der Waals surface area (Å²) in [6, 6.07) is 6.85. The first-order valence-electron chi connectivity index (χ1n) is 7.13. The maximum absolute atomic E-state index is 12.1. The molecule has 5 heteroatoms. The van der Waals surface area contributed by atoms with Gasteiger partial charge in [0.15, 0.2) is 0 Å². The summed E-state index contributed by atoms with van der Waals surface area (Å²) in [7, 11) is 0. The number of carbonyl (C=O) groups excluding carboxylic acids is 1. The molecule has 2 aliphatic heterocycles. The third-order valence-electron chi connectivity index (χ3n) is 4.13. The van der Waals surface area contributed by atoms with Crippen LogP contribution in [0.4, 0.5) is 5.69 Å². The molecule has 2 aliphatic rings. The summed E-state index contributed by atoms with van der Waals surface area (Å²) in [5, 5.41) is 13.0. The quantitative estimate of drug-likeness (QED) is 0.811. The molecule has 1 amide bonds. The zero-order chi connectivity index (χ0) is 14.0. The van der Waals surface area contributed by atoms with Crippen molar-refractivity contribution in [2.75, 3.05) is 31.1 Å². The SMILES string of the molecule is O=C1COC2(CCCNCC2)CN1c1cccc(O)c1. The molecule has 0 saturated carbocycles. The van der Waals surface area contributed by atoms with Gasteiger partial charge in [0.2, 0.25) is 0 Å². The third kappa shape index (κ3) is 2.64. The van der Waals surface area contributed by atoms with Gasteiger partial charge in [-0.05, 0) is 44.5 Å². The van der Waals surface area contributed by atoms with Crippen LogP contribution in [-0.4, -0.2) is 42.9 Å². The molecule has 20 heavy (non-hydrogen) atoms. The van der Waals surface area contributed by atoms with E-state index in [9.17, 15) is 9.90 Å². The third-order valence-corrected chi connectivity index (χ3v) is 4.13. The minimum Gasteiger partial charge on any atom is -0.508 e. The number of morpholine rings is 1. The van der Waals surface area contributed by atoms with E-state index in [-0.39, 0.29) is 23.9 Å². The minimum atomic E-state index is -0.247. The van der Waals surface area contributed by atoms with Gasteiger partial charge in [-0.15, -0.1) is 0 Å². The van der Waals surface area contributed by atoms with Crippen LogP contribution >= 0.6 is 0 Å². The second kappa shape index (κ2) is 5.42. The van der Waals surface area contributed by atoms with E-state index in [2.05, 4.69) is 5.32 Å². The van der Waals surface area contributed by atoms with Gasteiger partial charge in [0, 0.05) is 11.8 Å². The van der Waals surface area contributed by atoms with Crippen LogP contribution in [0.3, 0.4) is 0 Å². The number of ether oxygens (including phenoxy) is 1. The molecular weight excluding hydrogens is 256 g/mol. The van der Waals surface area contributed by atoms with Crippen molar-refractivity contribution in [1.29, 1.82) is 0 Å². The minimum absolute atomic E-state index is 0.0431. The van der Waals surface area contributed by atoms with E-state index in [1.807, 2.05) is 6.07 Å². The molecule has 1 atom stereocenters. The number of hydrogen-bond acceptors (Lipinski definition) is 4. The van der Waals surface area contributed by atoms with E-state index in [0.29, 0.717) is 6.54 Å². The predicted molar refractivity (Wildman–Crippen MR) is 75.9 cm³/mol. The standard InChI is InChI=1S/C15H20N2O3/c18-13-4-1-3-12(9-13)17-11-15(20-10-14(17)19)5-2-7-16-8-6-15/h1,3-4,9,16,18H,2,5-8,10-11H2. The molecule has 1 aromatic rings. The Bertz CT molecular complexity index is 496. The van der Waals surface area contributed by atoms with Gasteiger partial charge in [0.05, 0.1) is 12.1 Å². The number of carbonyl (C=O) groups is 1. The van der Waals surface area contributed by atoms with Gasteiger partial charge in [0.1, 0.15) is 12.4 Å². The normalized spacial score (nSPS) is 27.6. The highest BCUT2D eigenvalue weighted by atomic mass is 16.5. The van der Waals surface area contributed by atoms with Crippen LogP contribution in [0, 0.1) is 0 Å². The van der Waals surface area contributed by atoms with Crippen LogP contribution in [0.25, 0.3) is 0 Å². The van der Waals surface area contributed by atoms with Crippen molar-refractivity contribution in [3.63, 3.8) is 0 Å². The molecule has 2 fully saturated rings. The van der Waals surface area contributed by atoms with E-state index < -0.39 is 0 Å². The number of hydrogen-bond donors (Lipinski definition) is 2. The van der Waals surface area contributed by atoms with Crippen molar-refractivity contribution < 1.29 is 14.6 Å². The average molecular weight is 276 g/mol. The second-order valence-corrected chi connectivity index (χ2v) is 5.57. The van der Waals surface area contributed by atoms with E-state index >= 15 is 0 Å². The first kappa shape index (κ1) is 13.4. The fourth-order valence-electron chi connectivity index (χ4n) is 3.02. The smallest absolute Gasteiger partial charge is 0.253 e. The number of rotatable bonds is 1. The topological polar surface area (TPSA) is 61.8 Å². The number of phenolic OH excluding ortho intramolecular Hbond substituents is 1. The van der Waals surface area contributed by atoms with Crippen molar-refractivity contribution >= 4 is 11.6 Å². The Morgan fingerprint density at radius 1 is 1.30 bits per heavy atom. The number of phenols is 1. The summed E-state index contributed by atoms with van der Waals surface area (Å²) < 4.78 is 5.89. The molecule has 0 aromatic heterocycles. The lowest BCUT2D eigenvalue weighted by Crippen LogP contribution is -2.55. The Balaban J connectivity index is 1.84. The number of nitrogens with one attached hydrogen (secondary N) is 1. The molecule has 2 heterocycles. The average Bonchev–Trinajstić information content (AvgIpc) is 2.68. The molecule has 3 rings (SSSR count). The van der Waals surface area contributed by atoms with Crippen molar-refractivity contribution in [2.45, 2.75) is 24.9 Å². The molecule has 1 unspecified atom stereocenters. The molecule has 1 spiro atoms. The molecule has 0 bridgehead atoms. The summed E-state index contributed by atoms with van der Waals surface area (Å²) in [6.45, 7) is 2.61. The molecule has 0 aliphatic carbocycles. The van der Waals surface area contributed by atoms with Crippen LogP contribution in [-0.2, 0) is 9.53 Å². The van der Waals surface area contributed by atoms with E-state index in [4.69, 9.17) is 4.74 Å². The number of benzene rings is 1. The Morgan fingerprint density at radius 2 is 2.20 bits per heavy atom. The van der Waals surface area contributed by atoms with Gasteiger partial charge in [-0.3, -0.25) is 4.79 Å². The molecule has 108 valence electrons. The number of nitrogens with zero attached hydrogens (tertiary/aromatic N) is 1. The van der Waals surface area contributed by atoms with E-state index in [1.54, 1.807) is 23.1 Å². The summed E-state index contributed by atoms with van der Waals surface area (Å²) in [5.41, 5.74) is 0.498. The van der Waals surface area contributed by atoms with Crippen LogP contribution in [0.15, 0.2) is 24.3 Å². The molecule has 0 radical (unpaired) electrons. The van der Waals surface area contributed by atoms with Gasteiger partial charge < -0.3 is 20.1 Å². The van der Waals surface area contributed by atoms with Gasteiger partial charge >= 0.3 is 0 Å². The maximum atomic E-state index is 12.1. The fraction of sp³-hybridized carbons (Fsp3) is 0.533. The molecule has 1 aromatic carbocycles. The predicted octanol–water partition coefficient (Wildman–Crippen LogP) is 1.27. The molecule has 2 N–H and O–H groups in total. The number of aromatic hydroxyl groups is 1. The molecule has 5 nitrogen and oxygen atoms in total. The van der Waals surface area contributed by atoms with Crippen molar-refractivity contribution in [2.24, 2.45) is 0 Å². The zero-order valence-electron chi connectivity index (χ0n) is 11.5. The fourth-order valence-corrected chi connectivity index (χ4v) is 3.02. The van der Waals surface area contributed by atoms with E-state index in [1.165, 1.54) is 0 Å². The van der Waals surface area contributed by atoms with Crippen molar-refractivity contribution in [3.8, 4) is 5.75 Å². The van der Waals surface area contributed by atoms with Crippen LogP contribution < -0.4 is 10.2 Å². The first-order valence-corrected chi connectivity index (χ1v) is 7.13. The Hall–Kier alpha value is -1.59. The highest BCUT2D eigenvalue weighted by Gasteiger charge is 2.40.